The monoisotopic (exact) mass is 236 g/mol. The number of rotatable bonds is 6. The highest BCUT2D eigenvalue weighted by Crippen LogP contribution is 2.15. The Morgan fingerprint density at radius 1 is 1.47 bits per heavy atom. The second-order valence-electron chi connectivity index (χ2n) is 4.07. The number of phenols is 1. The maximum atomic E-state index is 11.8. The third kappa shape index (κ3) is 4.07. The predicted octanol–water partition coefficient (Wildman–Crippen LogP) is 1.38. The van der Waals surface area contributed by atoms with E-state index < -0.39 is 0 Å². The molecule has 0 aliphatic heterocycles. The standard InChI is InChI=1S/C13H20N2O2/c1-2-5-10(8-14)13(17)15-9-11-6-3-4-7-12(11)16/h3-4,6-7,10,16H,2,5,8-9,14H2,1H3,(H,15,17). The Bertz CT molecular complexity index is 366. The van der Waals surface area contributed by atoms with Gasteiger partial charge < -0.3 is 16.2 Å². The van der Waals surface area contributed by atoms with E-state index in [1.54, 1.807) is 18.2 Å². The molecule has 0 fully saturated rings. The van der Waals surface area contributed by atoms with E-state index in [2.05, 4.69) is 5.32 Å². The number of hydrogen-bond donors (Lipinski definition) is 3. The second-order valence-corrected chi connectivity index (χ2v) is 4.07. The lowest BCUT2D eigenvalue weighted by Gasteiger charge is -2.14. The van der Waals surface area contributed by atoms with Crippen molar-refractivity contribution >= 4 is 5.91 Å². The molecule has 1 amide bonds. The second kappa shape index (κ2) is 6.91. The molecule has 0 radical (unpaired) electrons. The Morgan fingerprint density at radius 3 is 2.76 bits per heavy atom. The van der Waals surface area contributed by atoms with Gasteiger partial charge in [0, 0.05) is 18.7 Å². The molecule has 1 aromatic carbocycles. The first-order valence-electron chi connectivity index (χ1n) is 5.93. The molecule has 0 saturated heterocycles. The van der Waals surface area contributed by atoms with E-state index in [1.807, 2.05) is 13.0 Å². The minimum Gasteiger partial charge on any atom is -0.508 e. The van der Waals surface area contributed by atoms with Gasteiger partial charge in [-0.2, -0.15) is 0 Å². The number of carbonyl (C=O) groups is 1. The number of hydrogen-bond acceptors (Lipinski definition) is 3. The number of nitrogens with one attached hydrogen (secondary N) is 1. The average Bonchev–Trinajstić information content (AvgIpc) is 2.34. The smallest absolute Gasteiger partial charge is 0.224 e. The van der Waals surface area contributed by atoms with Crippen molar-refractivity contribution in [1.29, 1.82) is 0 Å². The van der Waals surface area contributed by atoms with Gasteiger partial charge in [-0.15, -0.1) is 0 Å². The Labute approximate surface area is 102 Å². The molecule has 4 nitrogen and oxygen atoms in total. The zero-order valence-corrected chi connectivity index (χ0v) is 10.1. The van der Waals surface area contributed by atoms with E-state index in [4.69, 9.17) is 5.73 Å². The number of aromatic hydroxyl groups is 1. The van der Waals surface area contributed by atoms with Crippen LogP contribution in [-0.4, -0.2) is 17.6 Å². The molecular formula is C13H20N2O2. The van der Waals surface area contributed by atoms with Crippen LogP contribution in [0.1, 0.15) is 25.3 Å². The Balaban J connectivity index is 2.50. The summed E-state index contributed by atoms with van der Waals surface area (Å²) < 4.78 is 0. The summed E-state index contributed by atoms with van der Waals surface area (Å²) >= 11 is 0. The third-order valence-electron chi connectivity index (χ3n) is 2.74. The summed E-state index contributed by atoms with van der Waals surface area (Å²) in [6.45, 7) is 2.73. The summed E-state index contributed by atoms with van der Waals surface area (Å²) in [5, 5.41) is 12.3. The molecular weight excluding hydrogens is 216 g/mol. The Morgan fingerprint density at radius 2 is 2.18 bits per heavy atom. The normalized spacial score (nSPS) is 12.1. The molecule has 94 valence electrons. The van der Waals surface area contributed by atoms with Crippen molar-refractivity contribution < 1.29 is 9.90 Å². The van der Waals surface area contributed by atoms with Crippen LogP contribution in [-0.2, 0) is 11.3 Å². The van der Waals surface area contributed by atoms with Gasteiger partial charge in [0.05, 0.1) is 5.92 Å². The molecule has 4 N–H and O–H groups in total. The minimum absolute atomic E-state index is 0.0439. The maximum Gasteiger partial charge on any atom is 0.224 e. The van der Waals surface area contributed by atoms with Gasteiger partial charge in [0.15, 0.2) is 0 Å². The highest BCUT2D eigenvalue weighted by molar-refractivity contribution is 5.78. The molecule has 0 aromatic heterocycles. The van der Waals surface area contributed by atoms with Crippen LogP contribution in [0.5, 0.6) is 5.75 Å². The van der Waals surface area contributed by atoms with E-state index in [9.17, 15) is 9.90 Å². The SMILES string of the molecule is CCCC(CN)C(=O)NCc1ccccc1O. The quantitative estimate of drug-likeness (QED) is 0.698. The largest absolute Gasteiger partial charge is 0.508 e. The van der Waals surface area contributed by atoms with Crippen LogP contribution in [0.2, 0.25) is 0 Å². The molecule has 0 heterocycles. The number of benzene rings is 1. The topological polar surface area (TPSA) is 75.4 Å². The molecule has 4 heteroatoms. The van der Waals surface area contributed by atoms with Gasteiger partial charge in [-0.05, 0) is 12.5 Å². The van der Waals surface area contributed by atoms with E-state index in [1.165, 1.54) is 0 Å². The summed E-state index contributed by atoms with van der Waals surface area (Å²) in [6.07, 6.45) is 1.73. The highest BCUT2D eigenvalue weighted by Gasteiger charge is 2.15. The number of para-hydroxylation sites is 1. The van der Waals surface area contributed by atoms with Crippen LogP contribution < -0.4 is 11.1 Å². The van der Waals surface area contributed by atoms with E-state index in [0.717, 1.165) is 12.8 Å². The Hall–Kier alpha value is -1.55. The van der Waals surface area contributed by atoms with E-state index in [0.29, 0.717) is 18.7 Å². The zero-order valence-electron chi connectivity index (χ0n) is 10.1. The van der Waals surface area contributed by atoms with Crippen molar-refractivity contribution in [3.8, 4) is 5.75 Å². The van der Waals surface area contributed by atoms with Gasteiger partial charge in [-0.25, -0.2) is 0 Å². The fourth-order valence-electron chi connectivity index (χ4n) is 1.69. The first-order chi connectivity index (χ1) is 8.19. The number of nitrogens with two attached hydrogens (primary N) is 1. The first kappa shape index (κ1) is 13.5. The summed E-state index contributed by atoms with van der Waals surface area (Å²) in [5.74, 6) is 0.0241. The fourth-order valence-corrected chi connectivity index (χ4v) is 1.69. The van der Waals surface area contributed by atoms with Crippen molar-refractivity contribution in [2.24, 2.45) is 11.7 Å². The van der Waals surface area contributed by atoms with Crippen LogP contribution in [0.15, 0.2) is 24.3 Å². The van der Waals surface area contributed by atoms with Gasteiger partial charge >= 0.3 is 0 Å². The fraction of sp³-hybridized carbons (Fsp3) is 0.462. The molecule has 1 unspecified atom stereocenters. The molecule has 0 spiro atoms. The van der Waals surface area contributed by atoms with Crippen molar-refractivity contribution in [3.63, 3.8) is 0 Å². The molecule has 1 aromatic rings. The highest BCUT2D eigenvalue weighted by atomic mass is 16.3. The molecule has 1 rings (SSSR count). The number of phenolic OH excluding ortho intramolecular Hbond substituents is 1. The van der Waals surface area contributed by atoms with E-state index in [-0.39, 0.29) is 17.6 Å². The average molecular weight is 236 g/mol. The molecule has 0 bridgehead atoms. The van der Waals surface area contributed by atoms with Crippen molar-refractivity contribution in [2.75, 3.05) is 6.54 Å². The predicted molar refractivity (Wildman–Crippen MR) is 67.4 cm³/mol. The summed E-state index contributed by atoms with van der Waals surface area (Å²) in [6, 6.07) is 6.97. The zero-order chi connectivity index (χ0) is 12.7. The summed E-state index contributed by atoms with van der Waals surface area (Å²) in [7, 11) is 0. The molecule has 0 saturated carbocycles. The molecule has 0 aliphatic rings. The van der Waals surface area contributed by atoms with Gasteiger partial charge in [0.25, 0.3) is 0 Å². The van der Waals surface area contributed by atoms with Crippen molar-refractivity contribution in [2.45, 2.75) is 26.3 Å². The van der Waals surface area contributed by atoms with Crippen LogP contribution >= 0.6 is 0 Å². The Kier molecular flexibility index (Phi) is 5.49. The van der Waals surface area contributed by atoms with Crippen LogP contribution in [0, 0.1) is 5.92 Å². The first-order valence-corrected chi connectivity index (χ1v) is 5.93. The maximum absolute atomic E-state index is 11.8. The number of carbonyl (C=O) groups excluding carboxylic acids is 1. The van der Waals surface area contributed by atoms with Gasteiger partial charge in [0.1, 0.15) is 5.75 Å². The van der Waals surface area contributed by atoms with Gasteiger partial charge in [-0.1, -0.05) is 31.5 Å². The van der Waals surface area contributed by atoms with Crippen LogP contribution in [0.3, 0.4) is 0 Å². The molecule has 1 atom stereocenters. The summed E-state index contributed by atoms with van der Waals surface area (Å²) in [4.78, 5) is 11.8. The molecule has 17 heavy (non-hydrogen) atoms. The third-order valence-corrected chi connectivity index (χ3v) is 2.74. The lowest BCUT2D eigenvalue weighted by atomic mass is 10.0. The van der Waals surface area contributed by atoms with Gasteiger partial charge in [-0.3, -0.25) is 4.79 Å². The summed E-state index contributed by atoms with van der Waals surface area (Å²) in [5.41, 5.74) is 6.26. The van der Waals surface area contributed by atoms with Gasteiger partial charge in [0.2, 0.25) is 5.91 Å². The van der Waals surface area contributed by atoms with Crippen LogP contribution in [0.25, 0.3) is 0 Å². The van der Waals surface area contributed by atoms with Crippen molar-refractivity contribution in [3.05, 3.63) is 29.8 Å². The number of amides is 1. The molecule has 0 aliphatic carbocycles. The lowest BCUT2D eigenvalue weighted by molar-refractivity contribution is -0.125. The minimum atomic E-state index is -0.133. The van der Waals surface area contributed by atoms with E-state index >= 15 is 0 Å². The van der Waals surface area contributed by atoms with Crippen molar-refractivity contribution in [1.82, 2.24) is 5.32 Å². The lowest BCUT2D eigenvalue weighted by Crippen LogP contribution is -2.34. The van der Waals surface area contributed by atoms with Crippen LogP contribution in [0.4, 0.5) is 0 Å².